The summed E-state index contributed by atoms with van der Waals surface area (Å²) in [5.41, 5.74) is 3.52. The largest absolute Gasteiger partial charge is 0.490 e. The third-order valence-corrected chi connectivity index (χ3v) is 5.49. The van der Waals surface area contributed by atoms with Crippen LogP contribution in [0.4, 0.5) is 0 Å². The standard InChI is InChI=1S/C25H29NO4/c1-17-21(26-20-11-5-4-10-19(20)23(17)27)16-28-13-6-7-14-29-22-12-8-9-18-15-25(2,3)30-24(18)22/h4-5,8-12H,6-7,13-16H2,1-3H3,(H,26,27). The molecular weight excluding hydrogens is 378 g/mol. The summed E-state index contributed by atoms with van der Waals surface area (Å²) in [6, 6.07) is 13.7. The lowest BCUT2D eigenvalue weighted by Gasteiger charge is -2.18. The Morgan fingerprint density at radius 1 is 1.07 bits per heavy atom. The summed E-state index contributed by atoms with van der Waals surface area (Å²) in [4.78, 5) is 15.8. The number of benzene rings is 2. The van der Waals surface area contributed by atoms with Gasteiger partial charge in [-0.2, -0.15) is 0 Å². The normalized spacial score (nSPS) is 14.5. The monoisotopic (exact) mass is 407 g/mol. The minimum absolute atomic E-state index is 0.0668. The van der Waals surface area contributed by atoms with Crippen molar-refractivity contribution in [2.45, 2.75) is 52.2 Å². The average molecular weight is 408 g/mol. The van der Waals surface area contributed by atoms with Crippen LogP contribution in [0.3, 0.4) is 0 Å². The summed E-state index contributed by atoms with van der Waals surface area (Å²) in [7, 11) is 0. The maximum absolute atomic E-state index is 12.5. The maximum Gasteiger partial charge on any atom is 0.192 e. The number of unbranched alkanes of at least 4 members (excludes halogenated alkanes) is 1. The van der Waals surface area contributed by atoms with Gasteiger partial charge in [0, 0.05) is 40.8 Å². The molecule has 30 heavy (non-hydrogen) atoms. The zero-order valence-electron chi connectivity index (χ0n) is 17.9. The fourth-order valence-electron chi connectivity index (χ4n) is 3.89. The van der Waals surface area contributed by atoms with E-state index in [4.69, 9.17) is 14.2 Å². The van der Waals surface area contributed by atoms with Crippen LogP contribution in [0.15, 0.2) is 47.3 Å². The van der Waals surface area contributed by atoms with Crippen LogP contribution in [0.2, 0.25) is 0 Å². The number of nitrogens with one attached hydrogen (secondary N) is 1. The van der Waals surface area contributed by atoms with Gasteiger partial charge in [0.2, 0.25) is 0 Å². The zero-order valence-corrected chi connectivity index (χ0v) is 17.9. The van der Waals surface area contributed by atoms with Crippen LogP contribution in [0.5, 0.6) is 11.5 Å². The Hall–Kier alpha value is -2.79. The molecule has 1 aromatic heterocycles. The summed E-state index contributed by atoms with van der Waals surface area (Å²) >= 11 is 0. The molecule has 0 aliphatic carbocycles. The Labute approximate surface area is 177 Å². The molecule has 0 atom stereocenters. The second-order valence-electron chi connectivity index (χ2n) is 8.49. The third-order valence-electron chi connectivity index (χ3n) is 5.49. The number of ether oxygens (including phenoxy) is 3. The zero-order chi connectivity index (χ0) is 21.1. The summed E-state index contributed by atoms with van der Waals surface area (Å²) in [5, 5.41) is 0.718. The van der Waals surface area contributed by atoms with Crippen molar-refractivity contribution in [3.8, 4) is 11.5 Å². The van der Waals surface area contributed by atoms with Gasteiger partial charge in [0.15, 0.2) is 16.9 Å². The van der Waals surface area contributed by atoms with Crippen LogP contribution >= 0.6 is 0 Å². The molecule has 5 heteroatoms. The highest BCUT2D eigenvalue weighted by atomic mass is 16.5. The highest BCUT2D eigenvalue weighted by molar-refractivity contribution is 5.79. The molecule has 4 rings (SSSR count). The number of hydrogen-bond acceptors (Lipinski definition) is 4. The summed E-state index contributed by atoms with van der Waals surface area (Å²) in [6.07, 6.45) is 2.68. The average Bonchev–Trinajstić information content (AvgIpc) is 3.05. The van der Waals surface area contributed by atoms with Crippen LogP contribution < -0.4 is 14.9 Å². The number of pyridine rings is 1. The lowest BCUT2D eigenvalue weighted by Crippen LogP contribution is -2.24. The number of hydrogen-bond donors (Lipinski definition) is 1. The summed E-state index contributed by atoms with van der Waals surface area (Å²) in [5.74, 6) is 1.71. The number of aromatic amines is 1. The van der Waals surface area contributed by atoms with Crippen LogP contribution in [-0.2, 0) is 17.8 Å². The summed E-state index contributed by atoms with van der Waals surface area (Å²) in [6.45, 7) is 7.68. The first kappa shape index (κ1) is 20.5. The van der Waals surface area contributed by atoms with Gasteiger partial charge in [-0.25, -0.2) is 0 Å². The van der Waals surface area contributed by atoms with Gasteiger partial charge in [-0.05, 0) is 51.8 Å². The first-order chi connectivity index (χ1) is 14.4. The van der Waals surface area contributed by atoms with Crippen LogP contribution in [0, 0.1) is 6.92 Å². The second kappa shape index (κ2) is 8.52. The molecular formula is C25H29NO4. The van der Waals surface area contributed by atoms with Gasteiger partial charge >= 0.3 is 0 Å². The van der Waals surface area contributed by atoms with Gasteiger partial charge in [-0.1, -0.05) is 24.3 Å². The van der Waals surface area contributed by atoms with E-state index in [0.29, 0.717) is 19.8 Å². The molecule has 5 nitrogen and oxygen atoms in total. The topological polar surface area (TPSA) is 60.6 Å². The van der Waals surface area contributed by atoms with Gasteiger partial charge < -0.3 is 19.2 Å². The number of para-hydroxylation sites is 2. The van der Waals surface area contributed by atoms with Crippen molar-refractivity contribution < 1.29 is 14.2 Å². The highest BCUT2D eigenvalue weighted by Gasteiger charge is 2.32. The molecule has 0 spiro atoms. The molecule has 2 aromatic carbocycles. The maximum atomic E-state index is 12.5. The molecule has 1 aliphatic heterocycles. The predicted molar refractivity (Wildman–Crippen MR) is 119 cm³/mol. The molecule has 0 saturated carbocycles. The number of rotatable bonds is 8. The van der Waals surface area contributed by atoms with Crippen LogP contribution in [-0.4, -0.2) is 23.8 Å². The molecule has 0 bridgehead atoms. The van der Waals surface area contributed by atoms with Crippen molar-refractivity contribution in [2.75, 3.05) is 13.2 Å². The molecule has 0 saturated heterocycles. The van der Waals surface area contributed by atoms with E-state index >= 15 is 0 Å². The fourth-order valence-corrected chi connectivity index (χ4v) is 3.89. The fraction of sp³-hybridized carbons (Fsp3) is 0.400. The van der Waals surface area contributed by atoms with E-state index in [9.17, 15) is 4.79 Å². The van der Waals surface area contributed by atoms with E-state index in [1.165, 1.54) is 5.56 Å². The van der Waals surface area contributed by atoms with Crippen molar-refractivity contribution in [2.24, 2.45) is 0 Å². The lowest BCUT2D eigenvalue weighted by molar-refractivity contribution is 0.110. The van der Waals surface area contributed by atoms with E-state index in [1.54, 1.807) is 0 Å². The lowest BCUT2D eigenvalue weighted by atomic mass is 10.0. The van der Waals surface area contributed by atoms with Crippen LogP contribution in [0.25, 0.3) is 10.9 Å². The summed E-state index contributed by atoms with van der Waals surface area (Å²) < 4.78 is 17.8. The van der Waals surface area contributed by atoms with Gasteiger partial charge in [-0.15, -0.1) is 0 Å². The van der Waals surface area contributed by atoms with Crippen LogP contribution in [0.1, 0.15) is 43.5 Å². The molecule has 0 fully saturated rings. The molecule has 1 N–H and O–H groups in total. The predicted octanol–water partition coefficient (Wildman–Crippen LogP) is 4.93. The third kappa shape index (κ3) is 4.36. The highest BCUT2D eigenvalue weighted by Crippen LogP contribution is 2.41. The van der Waals surface area contributed by atoms with Gasteiger partial charge in [-0.3, -0.25) is 4.79 Å². The Kier molecular flexibility index (Phi) is 5.82. The number of H-pyrrole nitrogens is 1. The van der Waals surface area contributed by atoms with Gasteiger partial charge in [0.05, 0.1) is 13.2 Å². The molecule has 0 unspecified atom stereocenters. The Morgan fingerprint density at radius 2 is 1.87 bits per heavy atom. The van der Waals surface area contributed by atoms with Crippen molar-refractivity contribution in [3.63, 3.8) is 0 Å². The Bertz CT molecular complexity index is 1100. The van der Waals surface area contributed by atoms with E-state index in [0.717, 1.165) is 52.9 Å². The number of fused-ring (bicyclic) bond motifs is 2. The Balaban J connectivity index is 1.23. The van der Waals surface area contributed by atoms with Crippen molar-refractivity contribution >= 4 is 10.9 Å². The van der Waals surface area contributed by atoms with E-state index in [1.807, 2.05) is 43.3 Å². The quantitative estimate of drug-likeness (QED) is 0.538. The first-order valence-corrected chi connectivity index (χ1v) is 10.6. The van der Waals surface area contributed by atoms with E-state index in [2.05, 4.69) is 24.9 Å². The van der Waals surface area contributed by atoms with Crippen molar-refractivity contribution in [1.29, 1.82) is 0 Å². The molecule has 2 heterocycles. The molecule has 3 aromatic rings. The molecule has 0 amide bonds. The van der Waals surface area contributed by atoms with Gasteiger partial charge in [0.25, 0.3) is 0 Å². The minimum atomic E-state index is -0.169. The molecule has 0 radical (unpaired) electrons. The van der Waals surface area contributed by atoms with E-state index in [-0.39, 0.29) is 11.0 Å². The van der Waals surface area contributed by atoms with E-state index < -0.39 is 0 Å². The number of aromatic nitrogens is 1. The van der Waals surface area contributed by atoms with Crippen molar-refractivity contribution in [3.05, 3.63) is 69.5 Å². The molecule has 158 valence electrons. The van der Waals surface area contributed by atoms with Crippen molar-refractivity contribution in [1.82, 2.24) is 4.98 Å². The SMILES string of the molecule is Cc1c(COCCCCOc2cccc3c2OC(C)(C)C3)[nH]c2ccccc2c1=O. The smallest absolute Gasteiger partial charge is 0.192 e. The minimum Gasteiger partial charge on any atom is -0.490 e. The van der Waals surface area contributed by atoms with Gasteiger partial charge in [0.1, 0.15) is 5.60 Å². The molecule has 1 aliphatic rings. The second-order valence-corrected chi connectivity index (χ2v) is 8.49. The Morgan fingerprint density at radius 3 is 2.73 bits per heavy atom. The first-order valence-electron chi connectivity index (χ1n) is 10.6.